The molecule has 124 valence electrons. The van der Waals surface area contributed by atoms with Crippen LogP contribution >= 0.6 is 11.3 Å². The highest BCUT2D eigenvalue weighted by molar-refractivity contribution is 7.09. The molecule has 0 radical (unpaired) electrons. The van der Waals surface area contributed by atoms with Crippen LogP contribution in [0.15, 0.2) is 41.8 Å². The van der Waals surface area contributed by atoms with E-state index in [0.717, 1.165) is 30.5 Å². The second-order valence-electron chi connectivity index (χ2n) is 6.37. The van der Waals surface area contributed by atoms with Gasteiger partial charge in [0.1, 0.15) is 0 Å². The molecule has 0 N–H and O–H groups in total. The van der Waals surface area contributed by atoms with E-state index in [-0.39, 0.29) is 5.91 Å². The first-order valence-electron chi connectivity index (χ1n) is 8.53. The van der Waals surface area contributed by atoms with Crippen molar-refractivity contribution in [2.45, 2.75) is 51.1 Å². The van der Waals surface area contributed by atoms with Crippen LogP contribution in [0.4, 0.5) is 0 Å². The third kappa shape index (κ3) is 4.24. The summed E-state index contributed by atoms with van der Waals surface area (Å²) in [5.41, 5.74) is 2.02. The van der Waals surface area contributed by atoms with E-state index < -0.39 is 0 Å². The first-order valence-corrected chi connectivity index (χ1v) is 9.41. The third-order valence-corrected chi connectivity index (χ3v) is 5.51. The monoisotopic (exact) mass is 338 g/mol. The molecule has 4 heteroatoms. The van der Waals surface area contributed by atoms with Crippen LogP contribution in [0.3, 0.4) is 0 Å². The molecule has 1 fully saturated rings. The Hall–Kier alpha value is -2.12. The lowest BCUT2D eigenvalue weighted by molar-refractivity contribution is -0.133. The van der Waals surface area contributed by atoms with Gasteiger partial charge in [0.25, 0.3) is 0 Å². The predicted molar refractivity (Wildman–Crippen MR) is 96.6 cm³/mol. The van der Waals surface area contributed by atoms with Crippen molar-refractivity contribution in [2.75, 3.05) is 0 Å². The first-order chi connectivity index (χ1) is 11.8. The Labute approximate surface area is 147 Å². The van der Waals surface area contributed by atoms with Gasteiger partial charge in [-0.25, -0.2) is 0 Å². The van der Waals surface area contributed by atoms with Gasteiger partial charge in [0.05, 0.1) is 25.5 Å². The molecule has 0 spiro atoms. The van der Waals surface area contributed by atoms with Crippen molar-refractivity contribution in [1.82, 2.24) is 4.90 Å². The van der Waals surface area contributed by atoms with Gasteiger partial charge in [-0.15, -0.1) is 11.3 Å². The number of thiophene rings is 1. The molecule has 0 saturated heterocycles. The highest BCUT2D eigenvalue weighted by Gasteiger charge is 2.26. The van der Waals surface area contributed by atoms with Crippen LogP contribution in [0.2, 0.25) is 0 Å². The molecule has 3 nitrogen and oxygen atoms in total. The van der Waals surface area contributed by atoms with E-state index in [9.17, 15) is 4.79 Å². The van der Waals surface area contributed by atoms with Gasteiger partial charge in [0.2, 0.25) is 5.91 Å². The van der Waals surface area contributed by atoms with Crippen LogP contribution in [-0.4, -0.2) is 16.8 Å². The molecule has 0 unspecified atom stereocenters. The molecule has 1 aliphatic rings. The number of amides is 1. The summed E-state index contributed by atoms with van der Waals surface area (Å²) in [5, 5.41) is 10.8. The summed E-state index contributed by atoms with van der Waals surface area (Å²) in [6.07, 6.45) is 5.55. The fourth-order valence-corrected chi connectivity index (χ4v) is 4.05. The summed E-state index contributed by atoms with van der Waals surface area (Å²) in [5.74, 6) is 0.211. The van der Waals surface area contributed by atoms with Gasteiger partial charge in [0, 0.05) is 10.9 Å². The van der Waals surface area contributed by atoms with E-state index in [1.807, 2.05) is 30.3 Å². The predicted octanol–water partition coefficient (Wildman–Crippen LogP) is 4.33. The van der Waals surface area contributed by atoms with Gasteiger partial charge in [0.15, 0.2) is 0 Å². The molecule has 3 rings (SSSR count). The van der Waals surface area contributed by atoms with E-state index in [4.69, 9.17) is 5.26 Å². The van der Waals surface area contributed by atoms with Crippen molar-refractivity contribution in [3.05, 3.63) is 57.8 Å². The third-order valence-electron chi connectivity index (χ3n) is 4.65. The average molecular weight is 338 g/mol. The van der Waals surface area contributed by atoms with Crippen LogP contribution in [0.25, 0.3) is 0 Å². The largest absolute Gasteiger partial charge is 0.334 e. The molecule has 1 aromatic heterocycles. The molecule has 1 aromatic carbocycles. The molecule has 1 heterocycles. The maximum atomic E-state index is 12.9. The number of carbonyl (C=O) groups is 1. The summed E-state index contributed by atoms with van der Waals surface area (Å²) in [4.78, 5) is 16.2. The molecule has 1 saturated carbocycles. The fraction of sp³-hybridized carbons (Fsp3) is 0.400. The molecule has 0 atom stereocenters. The molecular weight excluding hydrogens is 316 g/mol. The lowest BCUT2D eigenvalue weighted by Gasteiger charge is -2.29. The second kappa shape index (κ2) is 8.12. The normalized spacial score (nSPS) is 14.5. The van der Waals surface area contributed by atoms with Crippen molar-refractivity contribution >= 4 is 17.2 Å². The van der Waals surface area contributed by atoms with E-state index in [2.05, 4.69) is 22.4 Å². The molecule has 0 aliphatic heterocycles. The van der Waals surface area contributed by atoms with Crippen molar-refractivity contribution in [3.8, 4) is 6.07 Å². The number of hydrogen-bond donors (Lipinski definition) is 0. The Morgan fingerprint density at radius 3 is 2.50 bits per heavy atom. The van der Waals surface area contributed by atoms with Gasteiger partial charge < -0.3 is 4.90 Å². The summed E-state index contributed by atoms with van der Waals surface area (Å²) < 4.78 is 0. The lowest BCUT2D eigenvalue weighted by Crippen LogP contribution is -2.39. The topological polar surface area (TPSA) is 44.1 Å². The standard InChI is InChI=1S/C20H22N2OS/c21-12-11-16-7-9-17(10-8-16)14-20(23)22(18-4-1-2-5-18)15-19-6-3-13-24-19/h3,6-10,13,18H,1-2,4-5,11,14-15H2. The maximum absolute atomic E-state index is 12.9. The number of nitriles is 1. The van der Waals surface area contributed by atoms with Crippen molar-refractivity contribution in [3.63, 3.8) is 0 Å². The Morgan fingerprint density at radius 1 is 1.17 bits per heavy atom. The van der Waals surface area contributed by atoms with Gasteiger partial charge >= 0.3 is 0 Å². The van der Waals surface area contributed by atoms with Crippen LogP contribution < -0.4 is 0 Å². The zero-order valence-corrected chi connectivity index (χ0v) is 14.6. The van der Waals surface area contributed by atoms with E-state index in [1.54, 1.807) is 11.3 Å². The number of benzene rings is 1. The van der Waals surface area contributed by atoms with Crippen molar-refractivity contribution in [2.24, 2.45) is 0 Å². The Kier molecular flexibility index (Phi) is 5.66. The Bertz CT molecular complexity index is 694. The Balaban J connectivity index is 1.69. The molecule has 1 amide bonds. The molecular formula is C20H22N2OS. The second-order valence-corrected chi connectivity index (χ2v) is 7.40. The Morgan fingerprint density at radius 2 is 1.88 bits per heavy atom. The average Bonchev–Trinajstić information content (AvgIpc) is 3.28. The van der Waals surface area contributed by atoms with Crippen LogP contribution in [-0.2, 0) is 24.2 Å². The summed E-state index contributed by atoms with van der Waals surface area (Å²) >= 11 is 1.72. The van der Waals surface area contributed by atoms with Crippen molar-refractivity contribution < 1.29 is 4.79 Å². The number of carbonyl (C=O) groups excluding carboxylic acids is 1. The zero-order valence-electron chi connectivity index (χ0n) is 13.8. The van der Waals surface area contributed by atoms with Crippen molar-refractivity contribution in [1.29, 1.82) is 5.26 Å². The van der Waals surface area contributed by atoms with Gasteiger partial charge in [-0.2, -0.15) is 5.26 Å². The number of hydrogen-bond acceptors (Lipinski definition) is 3. The van der Waals surface area contributed by atoms with Gasteiger partial charge in [-0.05, 0) is 35.4 Å². The quantitative estimate of drug-likeness (QED) is 0.787. The molecule has 2 aromatic rings. The highest BCUT2D eigenvalue weighted by Crippen LogP contribution is 2.26. The van der Waals surface area contributed by atoms with Gasteiger partial charge in [-0.3, -0.25) is 4.79 Å². The SMILES string of the molecule is N#CCc1ccc(CC(=O)N(Cc2cccs2)C2CCCC2)cc1. The minimum Gasteiger partial charge on any atom is -0.334 e. The van der Waals surface area contributed by atoms with E-state index >= 15 is 0 Å². The van der Waals surface area contributed by atoms with E-state index in [1.165, 1.54) is 17.7 Å². The first kappa shape index (κ1) is 16.7. The lowest BCUT2D eigenvalue weighted by atomic mass is 10.1. The highest BCUT2D eigenvalue weighted by atomic mass is 32.1. The van der Waals surface area contributed by atoms with Crippen LogP contribution in [0.1, 0.15) is 41.7 Å². The minimum absolute atomic E-state index is 0.211. The summed E-state index contributed by atoms with van der Waals surface area (Å²) in [7, 11) is 0. The van der Waals surface area contributed by atoms with Crippen LogP contribution in [0, 0.1) is 11.3 Å². The van der Waals surface area contributed by atoms with Gasteiger partial charge in [-0.1, -0.05) is 43.2 Å². The molecule has 24 heavy (non-hydrogen) atoms. The maximum Gasteiger partial charge on any atom is 0.227 e. The molecule has 1 aliphatic carbocycles. The number of rotatable bonds is 6. The molecule has 0 bridgehead atoms. The summed E-state index contributed by atoms with van der Waals surface area (Å²) in [6, 6.07) is 14.5. The number of nitrogens with zero attached hydrogens (tertiary/aromatic N) is 2. The minimum atomic E-state index is 0.211. The zero-order chi connectivity index (χ0) is 16.8. The van der Waals surface area contributed by atoms with Crippen LogP contribution in [0.5, 0.6) is 0 Å². The smallest absolute Gasteiger partial charge is 0.227 e. The summed E-state index contributed by atoms with van der Waals surface area (Å²) in [6.45, 7) is 0.730. The van der Waals surface area contributed by atoms with E-state index in [0.29, 0.717) is 18.9 Å². The fourth-order valence-electron chi connectivity index (χ4n) is 3.35.